The van der Waals surface area contributed by atoms with E-state index in [1.54, 1.807) is 6.07 Å². The molecule has 156 valence electrons. The van der Waals surface area contributed by atoms with Crippen molar-refractivity contribution in [2.45, 2.75) is 24.0 Å². The van der Waals surface area contributed by atoms with Crippen molar-refractivity contribution in [2.24, 2.45) is 7.05 Å². The topological polar surface area (TPSA) is 118 Å². The summed E-state index contributed by atoms with van der Waals surface area (Å²) < 4.78 is 43.1. The van der Waals surface area contributed by atoms with Crippen molar-refractivity contribution >= 4 is 55.6 Å². The molecule has 1 fully saturated rings. The van der Waals surface area contributed by atoms with Crippen LogP contribution in [0.3, 0.4) is 0 Å². The van der Waals surface area contributed by atoms with Gasteiger partial charge in [-0.3, -0.25) is 18.9 Å². The van der Waals surface area contributed by atoms with E-state index in [-0.39, 0.29) is 36.5 Å². The zero-order valence-electron chi connectivity index (χ0n) is 15.4. The lowest BCUT2D eigenvalue weighted by atomic mass is 10.2. The monoisotopic (exact) mass is 535 g/mol. The van der Waals surface area contributed by atoms with Crippen LogP contribution in [0.25, 0.3) is 0 Å². The van der Waals surface area contributed by atoms with E-state index < -0.39 is 38.5 Å². The molecule has 3 N–H and O–H groups in total. The second-order valence-corrected chi connectivity index (χ2v) is 10.2. The van der Waals surface area contributed by atoms with Crippen LogP contribution in [0.1, 0.15) is 19.3 Å². The highest BCUT2D eigenvalue weighted by molar-refractivity contribution is 14.1. The van der Waals surface area contributed by atoms with Gasteiger partial charge in [0.15, 0.2) is 5.78 Å². The van der Waals surface area contributed by atoms with Crippen LogP contribution in [0.4, 0.5) is 21.6 Å². The molecule has 3 rings (SSSR count). The zero-order valence-corrected chi connectivity index (χ0v) is 18.4. The maximum absolute atomic E-state index is 14.3. The lowest BCUT2D eigenvalue weighted by molar-refractivity contribution is -0.121. The fourth-order valence-corrected chi connectivity index (χ4v) is 5.05. The Labute approximate surface area is 180 Å². The minimum absolute atomic E-state index is 0.0489. The molecular formula is C18H19FIN3O5S. The smallest absolute Gasteiger partial charge is 0.251 e. The number of sulfonamides is 1. The minimum atomic E-state index is -4.00. The van der Waals surface area contributed by atoms with Gasteiger partial charge in [0, 0.05) is 23.1 Å². The number of rotatable bonds is 8. The molecule has 0 spiro atoms. The first-order chi connectivity index (χ1) is 13.6. The number of hydrogen-bond acceptors (Lipinski definition) is 6. The number of aromatic nitrogens is 1. The maximum Gasteiger partial charge on any atom is 0.251 e. The summed E-state index contributed by atoms with van der Waals surface area (Å²) in [6.45, 7) is -0.726. The fraction of sp³-hybridized carbons (Fsp3) is 0.333. The lowest BCUT2D eigenvalue weighted by Crippen LogP contribution is -2.33. The number of ketones is 1. The van der Waals surface area contributed by atoms with Gasteiger partial charge >= 0.3 is 0 Å². The summed E-state index contributed by atoms with van der Waals surface area (Å²) in [6.07, 6.45) is 0.280. The van der Waals surface area contributed by atoms with Gasteiger partial charge in [-0.25, -0.2) is 12.8 Å². The first-order valence-corrected chi connectivity index (χ1v) is 11.2. The zero-order chi connectivity index (χ0) is 21.4. The number of nitrogens with one attached hydrogen (secondary N) is 2. The molecule has 0 atom stereocenters. The fourth-order valence-electron chi connectivity index (χ4n) is 2.94. The predicted octanol–water partition coefficient (Wildman–Crippen LogP) is 2.10. The van der Waals surface area contributed by atoms with E-state index in [9.17, 15) is 22.4 Å². The summed E-state index contributed by atoms with van der Waals surface area (Å²) in [5.74, 6) is -1.06. The molecule has 1 aromatic heterocycles. The maximum atomic E-state index is 14.3. The van der Waals surface area contributed by atoms with Crippen LogP contribution < -0.4 is 15.6 Å². The lowest BCUT2D eigenvalue weighted by Gasteiger charge is -2.21. The van der Waals surface area contributed by atoms with E-state index in [0.717, 1.165) is 4.57 Å². The van der Waals surface area contributed by atoms with Gasteiger partial charge in [-0.05, 0) is 59.7 Å². The van der Waals surface area contributed by atoms with E-state index in [2.05, 4.69) is 10.0 Å². The van der Waals surface area contributed by atoms with Crippen LogP contribution in [-0.2, 0) is 21.9 Å². The Morgan fingerprint density at radius 3 is 2.52 bits per heavy atom. The SMILES string of the molecule is Cn1c(Nc2ccc(I)cc2F)c(NS(=O)(=O)C2(CC(=O)CO)CC2)ccc1=O. The van der Waals surface area contributed by atoms with Gasteiger partial charge < -0.3 is 10.4 Å². The van der Waals surface area contributed by atoms with Crippen molar-refractivity contribution in [1.82, 2.24) is 4.57 Å². The average molecular weight is 535 g/mol. The molecule has 0 radical (unpaired) electrons. The molecule has 0 unspecified atom stereocenters. The van der Waals surface area contributed by atoms with E-state index in [1.165, 1.54) is 31.3 Å². The van der Waals surface area contributed by atoms with Gasteiger partial charge in [0.2, 0.25) is 10.0 Å². The molecule has 1 aromatic carbocycles. The molecule has 2 aromatic rings. The Hall–Kier alpha value is -1.99. The molecule has 1 saturated carbocycles. The molecule has 0 bridgehead atoms. The average Bonchev–Trinajstić information content (AvgIpc) is 3.44. The summed E-state index contributed by atoms with van der Waals surface area (Å²) in [5.41, 5.74) is -0.297. The van der Waals surface area contributed by atoms with Crippen LogP contribution in [-0.4, -0.2) is 35.2 Å². The minimum Gasteiger partial charge on any atom is -0.389 e. The summed E-state index contributed by atoms with van der Waals surface area (Å²) in [4.78, 5) is 23.7. The highest BCUT2D eigenvalue weighted by Crippen LogP contribution is 2.47. The molecular weight excluding hydrogens is 516 g/mol. The van der Waals surface area contributed by atoms with E-state index >= 15 is 0 Å². The standard InChI is InChI=1S/C18H19FIN3O5S/c1-23-16(26)5-4-15(17(23)21-14-3-2-11(20)8-13(14)19)22-29(27,28)18(6-7-18)9-12(25)10-24/h2-5,8,21-22,24H,6-7,9-10H2,1H3. The number of aliphatic hydroxyl groups is 1. The highest BCUT2D eigenvalue weighted by Gasteiger charge is 2.55. The van der Waals surface area contributed by atoms with Gasteiger partial charge in [0.1, 0.15) is 18.2 Å². The Balaban J connectivity index is 1.97. The quantitative estimate of drug-likeness (QED) is 0.446. The van der Waals surface area contributed by atoms with Crippen LogP contribution in [0.15, 0.2) is 35.1 Å². The summed E-state index contributed by atoms with van der Waals surface area (Å²) in [7, 11) is -2.57. The van der Waals surface area contributed by atoms with Crippen LogP contribution in [0.5, 0.6) is 0 Å². The van der Waals surface area contributed by atoms with Gasteiger partial charge in [-0.2, -0.15) is 0 Å². The van der Waals surface area contributed by atoms with Crippen molar-refractivity contribution in [3.05, 3.63) is 50.1 Å². The van der Waals surface area contributed by atoms with Gasteiger partial charge in [-0.1, -0.05) is 0 Å². The number of anilines is 3. The number of carbonyl (C=O) groups is 1. The highest BCUT2D eigenvalue weighted by atomic mass is 127. The summed E-state index contributed by atoms with van der Waals surface area (Å²) >= 11 is 1.96. The summed E-state index contributed by atoms with van der Waals surface area (Å²) in [5, 5.41) is 11.7. The first kappa shape index (κ1) is 21.7. The van der Waals surface area contributed by atoms with Gasteiger partial charge in [-0.15, -0.1) is 0 Å². The molecule has 1 aliphatic rings. The van der Waals surface area contributed by atoms with Gasteiger partial charge in [0.05, 0.1) is 16.1 Å². The third kappa shape index (κ3) is 4.46. The number of halogens is 2. The van der Waals surface area contributed by atoms with Crippen molar-refractivity contribution in [2.75, 3.05) is 16.6 Å². The number of pyridine rings is 1. The van der Waals surface area contributed by atoms with Gasteiger partial charge in [0.25, 0.3) is 5.56 Å². The van der Waals surface area contributed by atoms with Crippen LogP contribution in [0, 0.1) is 9.39 Å². The first-order valence-electron chi connectivity index (χ1n) is 8.65. The third-order valence-electron chi connectivity index (χ3n) is 4.82. The molecule has 11 heteroatoms. The number of benzene rings is 1. The Morgan fingerprint density at radius 1 is 1.28 bits per heavy atom. The largest absolute Gasteiger partial charge is 0.389 e. The molecule has 0 aliphatic heterocycles. The normalized spacial score (nSPS) is 15.0. The molecule has 0 saturated heterocycles. The Kier molecular flexibility index (Phi) is 6.01. The number of carbonyl (C=O) groups excluding carboxylic acids is 1. The van der Waals surface area contributed by atoms with Crippen molar-refractivity contribution < 1.29 is 22.7 Å². The Morgan fingerprint density at radius 2 is 1.93 bits per heavy atom. The molecule has 29 heavy (non-hydrogen) atoms. The predicted molar refractivity (Wildman–Crippen MR) is 115 cm³/mol. The van der Waals surface area contributed by atoms with Crippen molar-refractivity contribution in [3.63, 3.8) is 0 Å². The third-order valence-corrected chi connectivity index (χ3v) is 7.67. The number of aliphatic hydroxyl groups excluding tert-OH is 1. The van der Waals surface area contributed by atoms with Crippen LogP contribution in [0.2, 0.25) is 0 Å². The second-order valence-electron chi connectivity index (χ2n) is 6.90. The molecule has 1 heterocycles. The molecule has 1 aliphatic carbocycles. The molecule has 8 nitrogen and oxygen atoms in total. The second kappa shape index (κ2) is 8.03. The summed E-state index contributed by atoms with van der Waals surface area (Å²) in [6, 6.07) is 6.92. The van der Waals surface area contributed by atoms with Crippen LogP contribution >= 0.6 is 22.6 Å². The number of hydrogen-bond donors (Lipinski definition) is 3. The van der Waals surface area contributed by atoms with Crippen molar-refractivity contribution in [1.29, 1.82) is 0 Å². The van der Waals surface area contributed by atoms with E-state index in [4.69, 9.17) is 5.11 Å². The van der Waals surface area contributed by atoms with E-state index in [0.29, 0.717) is 3.57 Å². The Bertz CT molecular complexity index is 1130. The molecule has 0 amide bonds. The van der Waals surface area contributed by atoms with E-state index in [1.807, 2.05) is 22.6 Å². The number of Topliss-reactive ketones (excluding diaryl/α,β-unsaturated/α-hetero) is 1. The number of nitrogens with zero attached hydrogens (tertiary/aromatic N) is 1. The van der Waals surface area contributed by atoms with Crippen molar-refractivity contribution in [3.8, 4) is 0 Å².